The van der Waals surface area contributed by atoms with Gasteiger partial charge in [-0.05, 0) is 43.7 Å². The Balaban J connectivity index is 1.65. The van der Waals surface area contributed by atoms with E-state index in [1.807, 2.05) is 6.07 Å². The summed E-state index contributed by atoms with van der Waals surface area (Å²) in [4.78, 5) is 0. The van der Waals surface area contributed by atoms with Crippen molar-refractivity contribution in [2.45, 2.75) is 38.3 Å². The molecule has 0 aromatic heterocycles. The van der Waals surface area contributed by atoms with E-state index in [-0.39, 0.29) is 0 Å². The molecular formula is C16H21Cl2NO2. The molecule has 3 rings (SSSR count). The highest BCUT2D eigenvalue weighted by Crippen LogP contribution is 2.34. The van der Waals surface area contributed by atoms with E-state index in [0.717, 1.165) is 43.9 Å². The van der Waals surface area contributed by atoms with Crippen LogP contribution in [0.2, 0.25) is 10.0 Å². The van der Waals surface area contributed by atoms with Crippen LogP contribution in [0.4, 0.5) is 0 Å². The molecule has 1 aromatic rings. The molecule has 1 aromatic carbocycles. The third-order valence-electron chi connectivity index (χ3n) is 4.05. The monoisotopic (exact) mass is 329 g/mol. The standard InChI is InChI=1S/C16H21Cl2NO2/c17-13-7-12(9-19-14-1-2-14)16(15(18)8-13)21-10-11-3-5-20-6-4-11/h7-8,11,14,19H,1-6,9-10H2. The van der Waals surface area contributed by atoms with Gasteiger partial charge in [0.2, 0.25) is 0 Å². The van der Waals surface area contributed by atoms with Crippen molar-refractivity contribution in [1.29, 1.82) is 0 Å². The number of ether oxygens (including phenoxy) is 2. The Morgan fingerprint density at radius 3 is 2.62 bits per heavy atom. The zero-order valence-corrected chi connectivity index (χ0v) is 13.6. The van der Waals surface area contributed by atoms with Crippen molar-refractivity contribution in [2.75, 3.05) is 19.8 Å². The van der Waals surface area contributed by atoms with Gasteiger partial charge in [-0.2, -0.15) is 0 Å². The van der Waals surface area contributed by atoms with Gasteiger partial charge in [-0.15, -0.1) is 0 Å². The second-order valence-corrected chi connectivity index (χ2v) is 6.74. The molecule has 1 N–H and O–H groups in total. The Morgan fingerprint density at radius 2 is 1.90 bits per heavy atom. The first-order chi connectivity index (χ1) is 10.2. The molecule has 0 atom stereocenters. The van der Waals surface area contributed by atoms with Gasteiger partial charge in [0.1, 0.15) is 5.75 Å². The molecule has 0 radical (unpaired) electrons. The second-order valence-electron chi connectivity index (χ2n) is 5.90. The van der Waals surface area contributed by atoms with E-state index in [4.69, 9.17) is 32.7 Å². The molecule has 116 valence electrons. The fourth-order valence-corrected chi connectivity index (χ4v) is 3.15. The lowest BCUT2D eigenvalue weighted by atomic mass is 10.0. The van der Waals surface area contributed by atoms with Crippen LogP contribution in [0.25, 0.3) is 0 Å². The molecular weight excluding hydrogens is 309 g/mol. The molecule has 21 heavy (non-hydrogen) atoms. The van der Waals surface area contributed by atoms with E-state index in [1.54, 1.807) is 6.07 Å². The number of hydrogen-bond donors (Lipinski definition) is 1. The van der Waals surface area contributed by atoms with Gasteiger partial charge in [-0.25, -0.2) is 0 Å². The van der Waals surface area contributed by atoms with Crippen LogP contribution in [-0.2, 0) is 11.3 Å². The summed E-state index contributed by atoms with van der Waals surface area (Å²) in [6.45, 7) is 3.12. The third kappa shape index (κ3) is 4.49. The van der Waals surface area contributed by atoms with E-state index in [0.29, 0.717) is 28.6 Å². The topological polar surface area (TPSA) is 30.5 Å². The van der Waals surface area contributed by atoms with Crippen LogP contribution in [-0.4, -0.2) is 25.9 Å². The fourth-order valence-electron chi connectivity index (χ4n) is 2.56. The summed E-state index contributed by atoms with van der Waals surface area (Å²) in [6.07, 6.45) is 4.63. The van der Waals surface area contributed by atoms with Gasteiger partial charge in [-0.3, -0.25) is 0 Å². The number of rotatable bonds is 6. The Hall–Kier alpha value is -0.480. The molecule has 1 saturated heterocycles. The minimum atomic E-state index is 0.551. The predicted octanol–water partition coefficient (Wildman–Crippen LogP) is 4.05. The Bertz CT molecular complexity index is 485. The highest BCUT2D eigenvalue weighted by molar-refractivity contribution is 6.35. The van der Waals surface area contributed by atoms with Gasteiger partial charge < -0.3 is 14.8 Å². The van der Waals surface area contributed by atoms with E-state index < -0.39 is 0 Å². The lowest BCUT2D eigenvalue weighted by molar-refractivity contribution is 0.0496. The van der Waals surface area contributed by atoms with Crippen molar-refractivity contribution in [2.24, 2.45) is 5.92 Å². The largest absolute Gasteiger partial charge is 0.491 e. The molecule has 2 fully saturated rings. The molecule has 0 spiro atoms. The SMILES string of the molecule is Clc1cc(Cl)c(OCC2CCOCC2)c(CNC2CC2)c1. The summed E-state index contributed by atoms with van der Waals surface area (Å²) in [5, 5.41) is 4.75. The van der Waals surface area contributed by atoms with Crippen LogP contribution in [0.1, 0.15) is 31.2 Å². The van der Waals surface area contributed by atoms with Crippen LogP contribution in [0.15, 0.2) is 12.1 Å². The number of halogens is 2. The zero-order chi connectivity index (χ0) is 14.7. The highest BCUT2D eigenvalue weighted by atomic mass is 35.5. The summed E-state index contributed by atoms with van der Waals surface area (Å²) >= 11 is 12.4. The molecule has 3 nitrogen and oxygen atoms in total. The molecule has 1 aliphatic carbocycles. The van der Waals surface area contributed by atoms with Crippen LogP contribution >= 0.6 is 23.2 Å². The highest BCUT2D eigenvalue weighted by Gasteiger charge is 2.22. The molecule has 0 bridgehead atoms. The third-order valence-corrected chi connectivity index (χ3v) is 4.55. The van der Waals surface area contributed by atoms with Crippen molar-refractivity contribution in [1.82, 2.24) is 5.32 Å². The first kappa shape index (κ1) is 15.4. The van der Waals surface area contributed by atoms with Crippen molar-refractivity contribution >= 4 is 23.2 Å². The van der Waals surface area contributed by atoms with Crippen molar-refractivity contribution in [3.63, 3.8) is 0 Å². The normalized spacial score (nSPS) is 19.7. The maximum atomic E-state index is 6.32. The first-order valence-electron chi connectivity index (χ1n) is 7.64. The maximum Gasteiger partial charge on any atom is 0.142 e. The molecule has 1 heterocycles. The van der Waals surface area contributed by atoms with Gasteiger partial charge in [0.25, 0.3) is 0 Å². The molecule has 1 saturated carbocycles. The van der Waals surface area contributed by atoms with E-state index in [1.165, 1.54) is 12.8 Å². The Morgan fingerprint density at radius 1 is 1.14 bits per heavy atom. The van der Waals surface area contributed by atoms with E-state index >= 15 is 0 Å². The fraction of sp³-hybridized carbons (Fsp3) is 0.625. The predicted molar refractivity (Wildman–Crippen MR) is 85.4 cm³/mol. The van der Waals surface area contributed by atoms with Gasteiger partial charge in [-0.1, -0.05) is 23.2 Å². The van der Waals surface area contributed by atoms with E-state index in [2.05, 4.69) is 5.32 Å². The first-order valence-corrected chi connectivity index (χ1v) is 8.40. The molecule has 1 aliphatic heterocycles. The van der Waals surface area contributed by atoms with Crippen molar-refractivity contribution in [3.8, 4) is 5.75 Å². The lowest BCUT2D eigenvalue weighted by Crippen LogP contribution is -2.22. The average Bonchev–Trinajstić information content (AvgIpc) is 3.29. The minimum Gasteiger partial charge on any atom is -0.491 e. The lowest BCUT2D eigenvalue weighted by Gasteiger charge is -2.23. The van der Waals surface area contributed by atoms with Crippen molar-refractivity contribution in [3.05, 3.63) is 27.7 Å². The Kier molecular flexibility index (Phi) is 5.28. The molecule has 2 aliphatic rings. The van der Waals surface area contributed by atoms with Crippen LogP contribution in [0.3, 0.4) is 0 Å². The van der Waals surface area contributed by atoms with E-state index in [9.17, 15) is 0 Å². The van der Waals surface area contributed by atoms with Crippen LogP contribution < -0.4 is 10.1 Å². The van der Waals surface area contributed by atoms with Crippen LogP contribution in [0, 0.1) is 5.92 Å². The molecule has 0 unspecified atom stereocenters. The summed E-state index contributed by atoms with van der Waals surface area (Å²) in [5.41, 5.74) is 1.05. The Labute approximate surface area is 135 Å². The van der Waals surface area contributed by atoms with Crippen LogP contribution in [0.5, 0.6) is 5.75 Å². The van der Waals surface area contributed by atoms with Gasteiger partial charge in [0.15, 0.2) is 0 Å². The number of benzene rings is 1. The summed E-state index contributed by atoms with van der Waals surface area (Å²) in [6, 6.07) is 4.34. The molecule has 0 amide bonds. The average molecular weight is 330 g/mol. The van der Waals surface area contributed by atoms with Gasteiger partial charge in [0.05, 0.1) is 11.6 Å². The number of hydrogen-bond acceptors (Lipinski definition) is 3. The zero-order valence-electron chi connectivity index (χ0n) is 12.0. The second kappa shape index (κ2) is 7.19. The summed E-state index contributed by atoms with van der Waals surface area (Å²) < 4.78 is 11.4. The molecule has 5 heteroatoms. The van der Waals surface area contributed by atoms with Crippen molar-refractivity contribution < 1.29 is 9.47 Å². The maximum absolute atomic E-state index is 6.32. The summed E-state index contributed by atoms with van der Waals surface area (Å²) in [5.74, 6) is 1.33. The summed E-state index contributed by atoms with van der Waals surface area (Å²) in [7, 11) is 0. The minimum absolute atomic E-state index is 0.551. The van der Waals surface area contributed by atoms with Gasteiger partial charge >= 0.3 is 0 Å². The quantitative estimate of drug-likeness (QED) is 0.853. The smallest absolute Gasteiger partial charge is 0.142 e. The van der Waals surface area contributed by atoms with Gasteiger partial charge in [0, 0.05) is 36.4 Å². The number of nitrogens with one attached hydrogen (secondary N) is 1.